The number of carbonyl (C=O) groups excluding carboxylic acids is 2. The molecular weight excluding hydrogens is 245 g/mol. The first-order chi connectivity index (χ1) is 9.11. The summed E-state index contributed by atoms with van der Waals surface area (Å²) in [5.41, 5.74) is 0.338. The molecule has 0 N–H and O–H groups in total. The van der Waals surface area contributed by atoms with Crippen molar-refractivity contribution in [2.45, 2.75) is 6.92 Å². The van der Waals surface area contributed by atoms with Gasteiger partial charge in [0.25, 0.3) is 0 Å². The molecule has 1 heterocycles. The van der Waals surface area contributed by atoms with Crippen molar-refractivity contribution in [1.29, 1.82) is 0 Å². The molecule has 0 aliphatic heterocycles. The van der Waals surface area contributed by atoms with Gasteiger partial charge in [0.05, 0.1) is 11.5 Å². The van der Waals surface area contributed by atoms with Crippen LogP contribution < -0.4 is 0 Å². The molecule has 0 bridgehead atoms. The van der Waals surface area contributed by atoms with Crippen LogP contribution >= 0.6 is 0 Å². The van der Waals surface area contributed by atoms with E-state index in [1.54, 1.807) is 6.07 Å². The van der Waals surface area contributed by atoms with Gasteiger partial charge in [0.2, 0.25) is 0 Å². The summed E-state index contributed by atoms with van der Waals surface area (Å²) in [6, 6.07) is 8.73. The number of halogens is 1. The van der Waals surface area contributed by atoms with E-state index in [2.05, 4.69) is 4.98 Å². The SMILES string of the molecule is CC(C(=O)c1ccncc1)C(=O)c1ccccc1F. The van der Waals surface area contributed by atoms with Gasteiger partial charge in [-0.1, -0.05) is 12.1 Å². The number of carbonyl (C=O) groups is 2. The Bertz CT molecular complexity index is 611. The van der Waals surface area contributed by atoms with E-state index in [4.69, 9.17) is 0 Å². The fourth-order valence-electron chi connectivity index (χ4n) is 1.78. The number of Topliss-reactive ketones (excluding diaryl/α,β-unsaturated/α-hetero) is 2. The van der Waals surface area contributed by atoms with Crippen molar-refractivity contribution in [2.75, 3.05) is 0 Å². The maximum absolute atomic E-state index is 13.5. The molecule has 0 radical (unpaired) electrons. The third kappa shape index (κ3) is 2.73. The summed E-state index contributed by atoms with van der Waals surface area (Å²) < 4.78 is 13.5. The van der Waals surface area contributed by atoms with Crippen molar-refractivity contribution in [1.82, 2.24) is 4.98 Å². The molecule has 0 aliphatic rings. The summed E-state index contributed by atoms with van der Waals surface area (Å²) in [6.45, 7) is 1.48. The van der Waals surface area contributed by atoms with Gasteiger partial charge in [-0.3, -0.25) is 14.6 Å². The molecule has 0 amide bonds. The molecule has 2 aromatic rings. The summed E-state index contributed by atoms with van der Waals surface area (Å²) in [4.78, 5) is 28.0. The van der Waals surface area contributed by atoms with E-state index in [1.165, 1.54) is 49.6 Å². The number of hydrogen-bond donors (Lipinski definition) is 0. The maximum atomic E-state index is 13.5. The van der Waals surface area contributed by atoms with Crippen LogP contribution in [0.1, 0.15) is 27.6 Å². The van der Waals surface area contributed by atoms with E-state index in [9.17, 15) is 14.0 Å². The molecule has 1 unspecified atom stereocenters. The minimum absolute atomic E-state index is 0.0580. The highest BCUT2D eigenvalue weighted by molar-refractivity contribution is 6.15. The van der Waals surface area contributed by atoms with Crippen molar-refractivity contribution in [3.63, 3.8) is 0 Å². The second-order valence-corrected chi connectivity index (χ2v) is 4.17. The number of benzene rings is 1. The average Bonchev–Trinajstić information content (AvgIpc) is 2.46. The van der Waals surface area contributed by atoms with E-state index >= 15 is 0 Å². The van der Waals surface area contributed by atoms with Gasteiger partial charge in [0.1, 0.15) is 5.82 Å². The highest BCUT2D eigenvalue weighted by Gasteiger charge is 2.25. The number of rotatable bonds is 4. The number of hydrogen-bond acceptors (Lipinski definition) is 3. The summed E-state index contributed by atoms with van der Waals surface area (Å²) in [5, 5.41) is 0. The first kappa shape index (κ1) is 13.1. The quantitative estimate of drug-likeness (QED) is 0.625. The first-order valence-electron chi connectivity index (χ1n) is 5.84. The highest BCUT2D eigenvalue weighted by Crippen LogP contribution is 2.16. The molecule has 0 saturated heterocycles. The largest absolute Gasteiger partial charge is 0.293 e. The van der Waals surface area contributed by atoms with Crippen molar-refractivity contribution < 1.29 is 14.0 Å². The van der Waals surface area contributed by atoms with Gasteiger partial charge < -0.3 is 0 Å². The monoisotopic (exact) mass is 257 g/mol. The zero-order valence-electron chi connectivity index (χ0n) is 10.3. The van der Waals surface area contributed by atoms with Crippen molar-refractivity contribution >= 4 is 11.6 Å². The summed E-state index contributed by atoms with van der Waals surface area (Å²) >= 11 is 0. The molecule has 19 heavy (non-hydrogen) atoms. The van der Waals surface area contributed by atoms with Gasteiger partial charge in [0, 0.05) is 18.0 Å². The van der Waals surface area contributed by atoms with Crippen LogP contribution in [0.3, 0.4) is 0 Å². The highest BCUT2D eigenvalue weighted by atomic mass is 19.1. The predicted octanol–water partition coefficient (Wildman–Crippen LogP) is 2.92. The van der Waals surface area contributed by atoms with Crippen LogP contribution in [0.5, 0.6) is 0 Å². The number of aromatic nitrogens is 1. The second-order valence-electron chi connectivity index (χ2n) is 4.17. The summed E-state index contributed by atoms with van der Waals surface area (Å²) in [7, 11) is 0. The molecule has 4 heteroatoms. The standard InChI is InChI=1S/C15H12FNO2/c1-10(14(18)11-6-8-17-9-7-11)15(19)12-4-2-3-5-13(12)16/h2-10H,1H3. The minimum atomic E-state index is -0.917. The van der Waals surface area contributed by atoms with Crippen LogP contribution in [0.15, 0.2) is 48.8 Å². The molecule has 3 nitrogen and oxygen atoms in total. The van der Waals surface area contributed by atoms with Crippen LogP contribution in [0.25, 0.3) is 0 Å². The Morgan fingerprint density at radius 3 is 2.32 bits per heavy atom. The van der Waals surface area contributed by atoms with Crippen LogP contribution in [-0.2, 0) is 0 Å². The Balaban J connectivity index is 2.26. The molecule has 0 saturated carbocycles. The van der Waals surface area contributed by atoms with Gasteiger partial charge >= 0.3 is 0 Å². The maximum Gasteiger partial charge on any atom is 0.176 e. The Kier molecular flexibility index (Phi) is 3.80. The lowest BCUT2D eigenvalue weighted by Gasteiger charge is -2.10. The van der Waals surface area contributed by atoms with Crippen LogP contribution in [0.2, 0.25) is 0 Å². The Morgan fingerprint density at radius 1 is 1.05 bits per heavy atom. The minimum Gasteiger partial charge on any atom is -0.293 e. The second kappa shape index (κ2) is 5.52. The van der Waals surface area contributed by atoms with E-state index in [1.807, 2.05) is 0 Å². The van der Waals surface area contributed by atoms with E-state index < -0.39 is 17.5 Å². The molecule has 0 fully saturated rings. The summed E-state index contributed by atoms with van der Waals surface area (Å²) in [5.74, 6) is -2.38. The van der Waals surface area contributed by atoms with Crippen molar-refractivity contribution in [3.8, 4) is 0 Å². The number of nitrogens with zero attached hydrogens (tertiary/aromatic N) is 1. The molecular formula is C15H12FNO2. The normalized spacial score (nSPS) is 11.9. The van der Waals surface area contributed by atoms with Crippen LogP contribution in [0.4, 0.5) is 4.39 Å². The Labute approximate surface area is 110 Å². The van der Waals surface area contributed by atoms with E-state index in [0.717, 1.165) is 0 Å². The molecule has 1 aromatic heterocycles. The van der Waals surface area contributed by atoms with Gasteiger partial charge in [0.15, 0.2) is 11.6 Å². The van der Waals surface area contributed by atoms with E-state index in [-0.39, 0.29) is 11.3 Å². The van der Waals surface area contributed by atoms with Crippen molar-refractivity contribution in [3.05, 3.63) is 65.7 Å². The third-order valence-electron chi connectivity index (χ3n) is 2.89. The van der Waals surface area contributed by atoms with Gasteiger partial charge in [-0.15, -0.1) is 0 Å². The lowest BCUT2D eigenvalue weighted by Crippen LogP contribution is -2.22. The molecule has 0 spiro atoms. The predicted molar refractivity (Wildman–Crippen MR) is 68.5 cm³/mol. The molecule has 2 rings (SSSR count). The van der Waals surface area contributed by atoms with Gasteiger partial charge in [-0.25, -0.2) is 4.39 Å². The van der Waals surface area contributed by atoms with Gasteiger partial charge in [-0.05, 0) is 31.2 Å². The molecule has 1 atom stereocenters. The first-order valence-corrected chi connectivity index (χ1v) is 5.84. The zero-order chi connectivity index (χ0) is 13.8. The van der Waals surface area contributed by atoms with Crippen LogP contribution in [0, 0.1) is 11.7 Å². The average molecular weight is 257 g/mol. The van der Waals surface area contributed by atoms with Crippen molar-refractivity contribution in [2.24, 2.45) is 5.92 Å². The summed E-state index contributed by atoms with van der Waals surface area (Å²) in [6.07, 6.45) is 2.96. The zero-order valence-corrected chi connectivity index (χ0v) is 10.3. The Morgan fingerprint density at radius 2 is 1.68 bits per heavy atom. The lowest BCUT2D eigenvalue weighted by molar-refractivity contribution is 0.0818. The van der Waals surface area contributed by atoms with E-state index in [0.29, 0.717) is 5.56 Å². The van der Waals surface area contributed by atoms with Gasteiger partial charge in [-0.2, -0.15) is 0 Å². The topological polar surface area (TPSA) is 47.0 Å². The van der Waals surface area contributed by atoms with Crippen LogP contribution in [-0.4, -0.2) is 16.6 Å². The fraction of sp³-hybridized carbons (Fsp3) is 0.133. The molecule has 96 valence electrons. The lowest BCUT2D eigenvalue weighted by atomic mass is 9.92. The smallest absolute Gasteiger partial charge is 0.176 e. The Hall–Kier alpha value is -2.36. The molecule has 1 aromatic carbocycles. The number of ketones is 2. The molecule has 0 aliphatic carbocycles. The number of pyridine rings is 1. The fourth-order valence-corrected chi connectivity index (χ4v) is 1.78. The third-order valence-corrected chi connectivity index (χ3v) is 2.89.